The Balaban J connectivity index is 1.23. The van der Waals surface area contributed by atoms with Crippen LogP contribution < -0.4 is 9.80 Å². The molecule has 2 heterocycles. The summed E-state index contributed by atoms with van der Waals surface area (Å²) >= 11 is 0. The Labute approximate surface area is 212 Å². The molecule has 36 heavy (non-hydrogen) atoms. The molecule has 1 aliphatic rings. The molecule has 1 aliphatic heterocycles. The number of hydrogen-bond acceptors (Lipinski definition) is 5. The number of benzene rings is 3. The van der Waals surface area contributed by atoms with Gasteiger partial charge in [-0.3, -0.25) is 9.88 Å². The van der Waals surface area contributed by atoms with Crippen molar-refractivity contribution < 1.29 is 9.53 Å². The predicted octanol–water partition coefficient (Wildman–Crippen LogP) is 5.81. The summed E-state index contributed by atoms with van der Waals surface area (Å²) in [5.41, 5.74) is 6.19. The molecule has 0 unspecified atom stereocenters. The van der Waals surface area contributed by atoms with Gasteiger partial charge >= 0.3 is 6.09 Å². The van der Waals surface area contributed by atoms with Crippen LogP contribution in [0, 0.1) is 6.92 Å². The first-order valence-corrected chi connectivity index (χ1v) is 12.5. The van der Waals surface area contributed by atoms with Crippen LogP contribution >= 0.6 is 0 Å². The Morgan fingerprint density at radius 1 is 0.889 bits per heavy atom. The van der Waals surface area contributed by atoms with E-state index >= 15 is 0 Å². The SMILES string of the molecule is COC(=O)N(c1ccccc1)c1cccc(CCN2CCN(c3cccc4nc(C)ccc34)CC2)c1. The minimum Gasteiger partial charge on any atom is -0.452 e. The number of carbonyl (C=O) groups is 1. The van der Waals surface area contributed by atoms with Crippen molar-refractivity contribution in [2.24, 2.45) is 0 Å². The first-order valence-electron chi connectivity index (χ1n) is 12.5. The maximum atomic E-state index is 12.6. The van der Waals surface area contributed by atoms with Crippen molar-refractivity contribution in [1.29, 1.82) is 0 Å². The van der Waals surface area contributed by atoms with Gasteiger partial charge in [-0.2, -0.15) is 0 Å². The lowest BCUT2D eigenvalue weighted by molar-refractivity contribution is 0.181. The van der Waals surface area contributed by atoms with Crippen LogP contribution in [0.25, 0.3) is 10.9 Å². The standard InChI is InChI=1S/C30H32N4O2/c1-23-14-15-27-28(31-23)12-7-13-29(27)33-20-18-32(19-21-33)17-16-24-8-6-11-26(22-24)34(30(35)36-2)25-9-4-3-5-10-25/h3-15,22H,16-21H2,1-2H3. The lowest BCUT2D eigenvalue weighted by Crippen LogP contribution is -2.47. The van der Waals surface area contributed by atoms with Crippen LogP contribution in [0.3, 0.4) is 0 Å². The van der Waals surface area contributed by atoms with Crippen LogP contribution in [0.1, 0.15) is 11.3 Å². The molecule has 1 saturated heterocycles. The fraction of sp³-hybridized carbons (Fsp3) is 0.267. The van der Waals surface area contributed by atoms with E-state index in [1.807, 2.05) is 49.4 Å². The number of piperazine rings is 1. The number of ether oxygens (including phenoxy) is 1. The summed E-state index contributed by atoms with van der Waals surface area (Å²) in [6.45, 7) is 7.06. The van der Waals surface area contributed by atoms with E-state index in [1.165, 1.54) is 23.7 Å². The van der Waals surface area contributed by atoms with Crippen LogP contribution in [-0.2, 0) is 11.2 Å². The van der Waals surface area contributed by atoms with Gasteiger partial charge in [0.2, 0.25) is 0 Å². The van der Waals surface area contributed by atoms with Crippen molar-refractivity contribution in [3.63, 3.8) is 0 Å². The third-order valence-electron chi connectivity index (χ3n) is 6.82. The molecule has 3 aromatic carbocycles. The summed E-state index contributed by atoms with van der Waals surface area (Å²) in [5, 5.41) is 1.22. The molecule has 184 valence electrons. The summed E-state index contributed by atoms with van der Waals surface area (Å²) in [6.07, 6.45) is 0.531. The lowest BCUT2D eigenvalue weighted by Gasteiger charge is -2.36. The zero-order valence-electron chi connectivity index (χ0n) is 20.9. The number of methoxy groups -OCH3 is 1. The third kappa shape index (κ3) is 5.19. The third-order valence-corrected chi connectivity index (χ3v) is 6.82. The highest BCUT2D eigenvalue weighted by Crippen LogP contribution is 2.28. The fourth-order valence-electron chi connectivity index (χ4n) is 4.90. The van der Waals surface area contributed by atoms with Crippen molar-refractivity contribution in [1.82, 2.24) is 9.88 Å². The number of amides is 1. The molecule has 0 bridgehead atoms. The average Bonchev–Trinajstić information content (AvgIpc) is 2.92. The van der Waals surface area contributed by atoms with Crippen LogP contribution in [0.4, 0.5) is 21.9 Å². The van der Waals surface area contributed by atoms with Crippen LogP contribution in [-0.4, -0.2) is 55.8 Å². The fourth-order valence-corrected chi connectivity index (χ4v) is 4.90. The Bertz CT molecular complexity index is 1330. The highest BCUT2D eigenvalue weighted by molar-refractivity contribution is 5.96. The number of aryl methyl sites for hydroxylation is 1. The number of rotatable bonds is 6. The van der Waals surface area contributed by atoms with E-state index in [4.69, 9.17) is 9.72 Å². The maximum Gasteiger partial charge on any atom is 0.418 e. The Kier molecular flexibility index (Phi) is 7.14. The highest BCUT2D eigenvalue weighted by atomic mass is 16.5. The normalized spacial score (nSPS) is 14.1. The zero-order valence-corrected chi connectivity index (χ0v) is 20.9. The number of aromatic nitrogens is 1. The number of anilines is 3. The summed E-state index contributed by atoms with van der Waals surface area (Å²) in [6, 6.07) is 28.5. The number of nitrogens with zero attached hydrogens (tertiary/aromatic N) is 4. The van der Waals surface area contributed by atoms with Gasteiger partial charge in [-0.05, 0) is 67.4 Å². The number of pyridine rings is 1. The van der Waals surface area contributed by atoms with Gasteiger partial charge in [-0.25, -0.2) is 9.69 Å². The molecular weight excluding hydrogens is 448 g/mol. The molecule has 0 N–H and O–H groups in total. The van der Waals surface area contributed by atoms with E-state index in [0.717, 1.165) is 61.7 Å². The van der Waals surface area contributed by atoms with E-state index < -0.39 is 6.09 Å². The van der Waals surface area contributed by atoms with E-state index in [1.54, 1.807) is 4.90 Å². The van der Waals surface area contributed by atoms with E-state index in [9.17, 15) is 4.79 Å². The van der Waals surface area contributed by atoms with E-state index in [-0.39, 0.29) is 0 Å². The topological polar surface area (TPSA) is 48.9 Å². The first kappa shape index (κ1) is 23.8. The number of para-hydroxylation sites is 1. The van der Waals surface area contributed by atoms with Gasteiger partial charge in [0.15, 0.2) is 0 Å². The van der Waals surface area contributed by atoms with Crippen molar-refractivity contribution >= 4 is 34.1 Å². The molecule has 6 nitrogen and oxygen atoms in total. The average molecular weight is 481 g/mol. The number of carbonyl (C=O) groups excluding carboxylic acids is 1. The predicted molar refractivity (Wildman–Crippen MR) is 146 cm³/mol. The molecule has 6 heteroatoms. The van der Waals surface area contributed by atoms with Crippen molar-refractivity contribution in [2.45, 2.75) is 13.3 Å². The molecule has 1 aromatic heterocycles. The van der Waals surface area contributed by atoms with Crippen molar-refractivity contribution in [3.8, 4) is 0 Å². The van der Waals surface area contributed by atoms with Crippen LogP contribution in [0.2, 0.25) is 0 Å². The minimum absolute atomic E-state index is 0.395. The monoisotopic (exact) mass is 480 g/mol. The molecule has 0 saturated carbocycles. The second-order valence-corrected chi connectivity index (χ2v) is 9.19. The van der Waals surface area contributed by atoms with Crippen LogP contribution in [0.15, 0.2) is 84.9 Å². The summed E-state index contributed by atoms with van der Waals surface area (Å²) in [4.78, 5) is 23.9. The molecule has 0 radical (unpaired) electrons. The van der Waals surface area contributed by atoms with Gasteiger partial charge in [-0.15, -0.1) is 0 Å². The second kappa shape index (κ2) is 10.8. The Morgan fingerprint density at radius 2 is 1.64 bits per heavy atom. The van der Waals surface area contributed by atoms with Gasteiger partial charge in [-0.1, -0.05) is 36.4 Å². The molecule has 1 fully saturated rings. The molecular formula is C30H32N4O2. The van der Waals surface area contributed by atoms with Crippen LogP contribution in [0.5, 0.6) is 0 Å². The summed E-state index contributed by atoms with van der Waals surface area (Å²) < 4.78 is 5.07. The Hall–Kier alpha value is -3.90. The van der Waals surface area contributed by atoms with Gasteiger partial charge in [0, 0.05) is 49.5 Å². The van der Waals surface area contributed by atoms with Crippen molar-refractivity contribution in [3.05, 3.63) is 96.2 Å². The molecule has 0 aliphatic carbocycles. The lowest BCUT2D eigenvalue weighted by atomic mass is 10.1. The first-order chi connectivity index (χ1) is 17.6. The molecule has 1 amide bonds. The zero-order chi connectivity index (χ0) is 24.9. The quantitative estimate of drug-likeness (QED) is 0.348. The smallest absolute Gasteiger partial charge is 0.418 e. The summed E-state index contributed by atoms with van der Waals surface area (Å²) in [7, 11) is 1.41. The van der Waals surface area contributed by atoms with Gasteiger partial charge in [0.25, 0.3) is 0 Å². The van der Waals surface area contributed by atoms with Gasteiger partial charge in [0.1, 0.15) is 0 Å². The van der Waals surface area contributed by atoms with E-state index in [0.29, 0.717) is 0 Å². The second-order valence-electron chi connectivity index (χ2n) is 9.19. The molecule has 0 spiro atoms. The Morgan fingerprint density at radius 3 is 2.42 bits per heavy atom. The number of hydrogen-bond donors (Lipinski definition) is 0. The maximum absolute atomic E-state index is 12.6. The van der Waals surface area contributed by atoms with Crippen molar-refractivity contribution in [2.75, 3.05) is 49.6 Å². The number of fused-ring (bicyclic) bond motifs is 1. The van der Waals surface area contributed by atoms with Gasteiger partial charge in [0.05, 0.1) is 24.0 Å². The molecule has 0 atom stereocenters. The minimum atomic E-state index is -0.395. The molecule has 5 rings (SSSR count). The van der Waals surface area contributed by atoms with E-state index in [2.05, 4.69) is 52.3 Å². The molecule has 4 aromatic rings. The largest absolute Gasteiger partial charge is 0.452 e. The summed E-state index contributed by atoms with van der Waals surface area (Å²) in [5.74, 6) is 0. The highest BCUT2D eigenvalue weighted by Gasteiger charge is 2.20. The van der Waals surface area contributed by atoms with Gasteiger partial charge < -0.3 is 9.64 Å².